The average Bonchev–Trinajstić information content (AvgIpc) is 3.19. The molecule has 1 N–H and O–H groups in total. The van der Waals surface area contributed by atoms with E-state index in [1.807, 2.05) is 12.1 Å². The first-order valence-corrected chi connectivity index (χ1v) is 8.76. The number of amides is 1. The fourth-order valence-electron chi connectivity index (χ4n) is 3.88. The van der Waals surface area contributed by atoms with Gasteiger partial charge in [0.2, 0.25) is 0 Å². The van der Waals surface area contributed by atoms with Gasteiger partial charge >= 0.3 is 0 Å². The Kier molecular flexibility index (Phi) is 4.26. The summed E-state index contributed by atoms with van der Waals surface area (Å²) in [5.74, 6) is 1.96. The summed E-state index contributed by atoms with van der Waals surface area (Å²) in [4.78, 5) is 23.2. The molecule has 1 atom stereocenters. The molecule has 1 aliphatic carbocycles. The average molecular weight is 338 g/mol. The number of hydrogen-bond donors (Lipinski definition) is 1. The number of aromatic nitrogens is 2. The number of rotatable bonds is 4. The largest absolute Gasteiger partial charge is 0.497 e. The van der Waals surface area contributed by atoms with E-state index in [1.165, 1.54) is 19.2 Å². The minimum Gasteiger partial charge on any atom is -0.497 e. The zero-order chi connectivity index (χ0) is 17.2. The lowest BCUT2D eigenvalue weighted by atomic mass is 9.99. The topological polar surface area (TPSA) is 67.3 Å². The van der Waals surface area contributed by atoms with Gasteiger partial charge in [0.15, 0.2) is 0 Å². The minimum atomic E-state index is -0.0709. The molecule has 1 aromatic carbocycles. The number of nitrogens with one attached hydrogen (secondary N) is 1. The number of carbonyl (C=O) groups excluding carboxylic acids is 1. The van der Waals surface area contributed by atoms with Crippen LogP contribution in [-0.4, -0.2) is 29.2 Å². The molecule has 2 aliphatic rings. The summed E-state index contributed by atoms with van der Waals surface area (Å²) in [6.07, 6.45) is 7.84. The molecule has 6 nitrogen and oxygen atoms in total. The van der Waals surface area contributed by atoms with Crippen molar-refractivity contribution in [1.82, 2.24) is 15.3 Å². The maximum absolute atomic E-state index is 12.5. The van der Waals surface area contributed by atoms with Crippen molar-refractivity contribution in [3.8, 4) is 5.75 Å². The van der Waals surface area contributed by atoms with Gasteiger partial charge in [-0.2, -0.15) is 0 Å². The Morgan fingerprint density at radius 1 is 1.24 bits per heavy atom. The zero-order valence-corrected chi connectivity index (χ0v) is 14.3. The lowest BCUT2D eigenvalue weighted by Gasteiger charge is -2.41. The van der Waals surface area contributed by atoms with Gasteiger partial charge < -0.3 is 15.0 Å². The first-order valence-electron chi connectivity index (χ1n) is 8.76. The molecule has 0 radical (unpaired) electrons. The molecule has 4 rings (SSSR count). The third-order valence-electron chi connectivity index (χ3n) is 5.18. The highest BCUT2D eigenvalue weighted by Crippen LogP contribution is 2.35. The normalized spacial score (nSPS) is 20.3. The lowest BCUT2D eigenvalue weighted by Crippen LogP contribution is -2.56. The van der Waals surface area contributed by atoms with Crippen molar-refractivity contribution in [3.05, 3.63) is 47.9 Å². The van der Waals surface area contributed by atoms with Crippen LogP contribution in [0.4, 0.5) is 5.82 Å². The molecule has 25 heavy (non-hydrogen) atoms. The van der Waals surface area contributed by atoms with Crippen LogP contribution in [0, 0.1) is 5.92 Å². The summed E-state index contributed by atoms with van der Waals surface area (Å²) >= 11 is 0. The summed E-state index contributed by atoms with van der Waals surface area (Å²) in [6, 6.07) is 8.04. The van der Waals surface area contributed by atoms with Crippen molar-refractivity contribution in [1.29, 1.82) is 0 Å². The van der Waals surface area contributed by atoms with Crippen molar-refractivity contribution in [2.45, 2.75) is 38.4 Å². The Hall–Kier alpha value is -2.63. The summed E-state index contributed by atoms with van der Waals surface area (Å²) in [5.41, 5.74) is 1.70. The number of hydrogen-bond acceptors (Lipinski definition) is 5. The molecule has 1 aromatic heterocycles. The van der Waals surface area contributed by atoms with Crippen molar-refractivity contribution in [2.24, 2.45) is 5.92 Å². The van der Waals surface area contributed by atoms with Gasteiger partial charge in [-0.15, -0.1) is 0 Å². The molecule has 0 spiro atoms. The third-order valence-corrected chi connectivity index (χ3v) is 5.18. The van der Waals surface area contributed by atoms with Gasteiger partial charge in [-0.05, 0) is 36.5 Å². The number of fused-ring (bicyclic) bond motifs is 1. The lowest BCUT2D eigenvalue weighted by molar-refractivity contribution is 0.0906. The fourth-order valence-corrected chi connectivity index (χ4v) is 3.88. The van der Waals surface area contributed by atoms with Crippen molar-refractivity contribution in [2.75, 3.05) is 12.0 Å². The Morgan fingerprint density at radius 3 is 2.72 bits per heavy atom. The monoisotopic (exact) mass is 338 g/mol. The number of benzene rings is 1. The van der Waals surface area contributed by atoms with Gasteiger partial charge in [-0.25, -0.2) is 9.97 Å². The van der Waals surface area contributed by atoms with Crippen molar-refractivity contribution in [3.63, 3.8) is 0 Å². The van der Waals surface area contributed by atoms with E-state index in [-0.39, 0.29) is 12.1 Å². The van der Waals surface area contributed by atoms with E-state index >= 15 is 0 Å². The molecule has 1 amide bonds. The smallest absolute Gasteiger partial charge is 0.258 e. The highest BCUT2D eigenvalue weighted by molar-refractivity contribution is 6.00. The summed E-state index contributed by atoms with van der Waals surface area (Å²) in [7, 11) is 1.67. The quantitative estimate of drug-likeness (QED) is 0.928. The van der Waals surface area contributed by atoms with Gasteiger partial charge in [0.05, 0.1) is 7.11 Å². The number of anilines is 1. The molecule has 1 saturated carbocycles. The number of methoxy groups -OCH3 is 1. The molecular formula is C19H22N4O2. The minimum absolute atomic E-state index is 0.0144. The van der Waals surface area contributed by atoms with Crippen LogP contribution >= 0.6 is 0 Å². The maximum Gasteiger partial charge on any atom is 0.258 e. The number of nitrogens with zero attached hydrogens (tertiary/aromatic N) is 3. The first-order chi connectivity index (χ1) is 12.3. The summed E-state index contributed by atoms with van der Waals surface area (Å²) in [5, 5.41) is 3.19. The standard InChI is InChI=1S/C19H22N4O2/c1-25-15-8-6-13(7-9-15)11-23-17(14-4-2-3-5-14)22-19(24)16-10-20-12-21-18(16)23/h6-10,12,14,17H,2-5,11H2,1H3,(H,22,24). The first kappa shape index (κ1) is 15.9. The third kappa shape index (κ3) is 3.04. The van der Waals surface area contributed by atoms with Crippen LogP contribution < -0.4 is 15.0 Å². The van der Waals surface area contributed by atoms with Crippen LogP contribution in [0.15, 0.2) is 36.8 Å². The second-order valence-electron chi connectivity index (χ2n) is 6.70. The molecule has 0 bridgehead atoms. The van der Waals surface area contributed by atoms with E-state index in [9.17, 15) is 4.79 Å². The summed E-state index contributed by atoms with van der Waals surface area (Å²) in [6.45, 7) is 0.690. The molecule has 2 aromatic rings. The number of carbonyl (C=O) groups is 1. The predicted molar refractivity (Wildman–Crippen MR) is 94.4 cm³/mol. The van der Waals surface area contributed by atoms with E-state index in [0.29, 0.717) is 18.0 Å². The van der Waals surface area contributed by atoms with Gasteiger partial charge in [-0.1, -0.05) is 25.0 Å². The van der Waals surface area contributed by atoms with Gasteiger partial charge in [0.25, 0.3) is 5.91 Å². The fraction of sp³-hybridized carbons (Fsp3) is 0.421. The Bertz CT molecular complexity index is 756. The highest BCUT2D eigenvalue weighted by atomic mass is 16.5. The van der Waals surface area contributed by atoms with E-state index < -0.39 is 0 Å². The number of ether oxygens (including phenoxy) is 1. The van der Waals surface area contributed by atoms with Gasteiger partial charge in [-0.3, -0.25) is 4.79 Å². The summed E-state index contributed by atoms with van der Waals surface area (Å²) < 4.78 is 5.24. The molecular weight excluding hydrogens is 316 g/mol. The molecule has 1 unspecified atom stereocenters. The van der Waals surface area contributed by atoms with Gasteiger partial charge in [0, 0.05) is 12.7 Å². The van der Waals surface area contributed by atoms with Crippen LogP contribution in [0.25, 0.3) is 0 Å². The molecule has 1 fully saturated rings. The zero-order valence-electron chi connectivity index (χ0n) is 14.3. The van der Waals surface area contributed by atoms with Crippen LogP contribution in [0.1, 0.15) is 41.6 Å². The van der Waals surface area contributed by atoms with Gasteiger partial charge in [0.1, 0.15) is 29.6 Å². The Labute approximate surface area is 147 Å². The second-order valence-corrected chi connectivity index (χ2v) is 6.70. The van der Waals surface area contributed by atoms with E-state index in [0.717, 1.165) is 30.0 Å². The van der Waals surface area contributed by atoms with Crippen LogP contribution in [-0.2, 0) is 6.54 Å². The van der Waals surface area contributed by atoms with Crippen LogP contribution in [0.3, 0.4) is 0 Å². The Morgan fingerprint density at radius 2 is 2.00 bits per heavy atom. The van der Waals surface area contributed by atoms with Crippen molar-refractivity contribution >= 4 is 11.7 Å². The van der Waals surface area contributed by atoms with Crippen molar-refractivity contribution < 1.29 is 9.53 Å². The van der Waals surface area contributed by atoms with E-state index in [1.54, 1.807) is 13.3 Å². The molecule has 6 heteroatoms. The SMILES string of the molecule is COc1ccc(CN2c3ncncc3C(=O)NC2C2CCCC2)cc1. The van der Waals surface area contributed by atoms with Crippen LogP contribution in [0.2, 0.25) is 0 Å². The highest BCUT2D eigenvalue weighted by Gasteiger charge is 2.37. The molecule has 0 saturated heterocycles. The maximum atomic E-state index is 12.5. The van der Waals surface area contributed by atoms with Crippen LogP contribution in [0.5, 0.6) is 5.75 Å². The second kappa shape index (κ2) is 6.70. The molecule has 1 aliphatic heterocycles. The molecule has 130 valence electrons. The van der Waals surface area contributed by atoms with E-state index in [2.05, 4.69) is 32.3 Å². The van der Waals surface area contributed by atoms with E-state index in [4.69, 9.17) is 4.74 Å². The Balaban J connectivity index is 1.68. The molecule has 2 heterocycles. The predicted octanol–water partition coefficient (Wildman–Crippen LogP) is 2.75.